The van der Waals surface area contributed by atoms with E-state index in [1.165, 1.54) is 12.8 Å². The lowest BCUT2D eigenvalue weighted by atomic mass is 9.79. The van der Waals surface area contributed by atoms with Crippen molar-refractivity contribution in [3.05, 3.63) is 17.8 Å². The maximum atomic E-state index is 6.00. The second-order valence-corrected chi connectivity index (χ2v) is 4.62. The predicted octanol–water partition coefficient (Wildman–Crippen LogP) is 1.87. The summed E-state index contributed by atoms with van der Waals surface area (Å²) in [5.74, 6) is 1.44. The number of aromatic nitrogens is 1. The van der Waals surface area contributed by atoms with E-state index in [0.29, 0.717) is 12.4 Å². The molecule has 0 atom stereocenters. The van der Waals surface area contributed by atoms with E-state index in [1.807, 2.05) is 6.07 Å². The molecule has 0 bridgehead atoms. The Hall–Kier alpha value is -1.29. The number of nitrogens with zero attached hydrogens (tertiary/aromatic N) is 1. The molecule has 4 nitrogen and oxygen atoms in total. The zero-order valence-electron chi connectivity index (χ0n) is 10.5. The highest BCUT2D eigenvalue weighted by Gasteiger charge is 2.37. The summed E-state index contributed by atoms with van der Waals surface area (Å²) in [7, 11) is 3.30. The fourth-order valence-corrected chi connectivity index (χ4v) is 2.75. The minimum Gasteiger partial charge on any atom is -0.495 e. The van der Waals surface area contributed by atoms with Crippen LogP contribution in [0.2, 0.25) is 0 Å². The van der Waals surface area contributed by atoms with E-state index in [9.17, 15) is 0 Å². The SMILES string of the molecule is COc1cc(C2(CN)CCCC2)c(OC)cn1. The van der Waals surface area contributed by atoms with Gasteiger partial charge in [0.1, 0.15) is 5.75 Å². The first-order valence-corrected chi connectivity index (χ1v) is 6.04. The molecule has 0 aromatic carbocycles. The van der Waals surface area contributed by atoms with Crippen molar-refractivity contribution in [2.45, 2.75) is 31.1 Å². The fraction of sp³-hybridized carbons (Fsp3) is 0.615. The molecule has 1 aliphatic rings. The third-order valence-corrected chi connectivity index (χ3v) is 3.79. The molecular formula is C13H20N2O2. The van der Waals surface area contributed by atoms with E-state index in [2.05, 4.69) is 4.98 Å². The number of rotatable bonds is 4. The van der Waals surface area contributed by atoms with Crippen LogP contribution in [0.25, 0.3) is 0 Å². The zero-order valence-corrected chi connectivity index (χ0v) is 10.5. The average molecular weight is 236 g/mol. The van der Waals surface area contributed by atoms with E-state index in [-0.39, 0.29) is 5.41 Å². The Kier molecular flexibility index (Phi) is 3.52. The molecule has 4 heteroatoms. The average Bonchev–Trinajstić information content (AvgIpc) is 2.88. The second-order valence-electron chi connectivity index (χ2n) is 4.62. The van der Waals surface area contributed by atoms with Crippen molar-refractivity contribution in [3.63, 3.8) is 0 Å². The summed E-state index contributed by atoms with van der Waals surface area (Å²) in [6.45, 7) is 0.649. The standard InChI is InChI=1S/C13H20N2O2/c1-16-11-8-15-12(17-2)7-10(11)13(9-14)5-3-4-6-13/h7-8H,3-6,9,14H2,1-2H3. The molecule has 1 aromatic heterocycles. The third kappa shape index (κ3) is 2.09. The van der Waals surface area contributed by atoms with Gasteiger partial charge in [-0.3, -0.25) is 0 Å². The Morgan fingerprint density at radius 2 is 2.00 bits per heavy atom. The topological polar surface area (TPSA) is 57.4 Å². The Balaban J connectivity index is 2.46. The highest BCUT2D eigenvalue weighted by molar-refractivity contribution is 5.42. The van der Waals surface area contributed by atoms with Crippen LogP contribution in [-0.4, -0.2) is 25.7 Å². The van der Waals surface area contributed by atoms with Gasteiger partial charge in [0.2, 0.25) is 5.88 Å². The smallest absolute Gasteiger partial charge is 0.213 e. The Morgan fingerprint density at radius 3 is 2.53 bits per heavy atom. The first-order chi connectivity index (χ1) is 8.25. The van der Waals surface area contributed by atoms with Gasteiger partial charge in [0.25, 0.3) is 0 Å². The van der Waals surface area contributed by atoms with Crippen LogP contribution in [-0.2, 0) is 5.41 Å². The maximum absolute atomic E-state index is 6.00. The molecule has 1 heterocycles. The van der Waals surface area contributed by atoms with Crippen LogP contribution in [0.4, 0.5) is 0 Å². The molecule has 1 saturated carbocycles. The lowest BCUT2D eigenvalue weighted by Crippen LogP contribution is -2.32. The van der Waals surface area contributed by atoms with Crippen LogP contribution >= 0.6 is 0 Å². The maximum Gasteiger partial charge on any atom is 0.213 e. The monoisotopic (exact) mass is 236 g/mol. The number of methoxy groups -OCH3 is 2. The van der Waals surface area contributed by atoms with E-state index < -0.39 is 0 Å². The second kappa shape index (κ2) is 4.92. The minimum absolute atomic E-state index is 0.0432. The molecule has 0 radical (unpaired) electrons. The summed E-state index contributed by atoms with van der Waals surface area (Å²) in [6.07, 6.45) is 6.42. The van der Waals surface area contributed by atoms with Gasteiger partial charge in [0.15, 0.2) is 0 Å². The van der Waals surface area contributed by atoms with Crippen LogP contribution in [0.1, 0.15) is 31.2 Å². The first kappa shape index (κ1) is 12.2. The van der Waals surface area contributed by atoms with Crippen molar-refractivity contribution < 1.29 is 9.47 Å². The van der Waals surface area contributed by atoms with Gasteiger partial charge >= 0.3 is 0 Å². The van der Waals surface area contributed by atoms with Crippen LogP contribution in [0.3, 0.4) is 0 Å². The summed E-state index contributed by atoms with van der Waals surface area (Å²) in [5.41, 5.74) is 7.19. The summed E-state index contributed by atoms with van der Waals surface area (Å²) < 4.78 is 10.6. The van der Waals surface area contributed by atoms with Crippen molar-refractivity contribution in [1.82, 2.24) is 4.98 Å². The number of pyridine rings is 1. The van der Waals surface area contributed by atoms with Gasteiger partial charge in [-0.25, -0.2) is 4.98 Å². The van der Waals surface area contributed by atoms with Crippen LogP contribution in [0.15, 0.2) is 12.3 Å². The van der Waals surface area contributed by atoms with Crippen molar-refractivity contribution in [2.75, 3.05) is 20.8 Å². The molecule has 1 aromatic rings. The molecule has 2 N–H and O–H groups in total. The predicted molar refractivity (Wildman–Crippen MR) is 66.5 cm³/mol. The van der Waals surface area contributed by atoms with Gasteiger partial charge in [-0.2, -0.15) is 0 Å². The number of nitrogens with two attached hydrogens (primary N) is 1. The zero-order chi connectivity index (χ0) is 12.3. The molecule has 94 valence electrons. The largest absolute Gasteiger partial charge is 0.495 e. The van der Waals surface area contributed by atoms with Crippen LogP contribution in [0, 0.1) is 0 Å². The van der Waals surface area contributed by atoms with E-state index in [1.54, 1.807) is 20.4 Å². The summed E-state index contributed by atoms with van der Waals surface area (Å²) >= 11 is 0. The summed E-state index contributed by atoms with van der Waals surface area (Å²) in [6, 6.07) is 1.97. The fourth-order valence-electron chi connectivity index (χ4n) is 2.75. The third-order valence-electron chi connectivity index (χ3n) is 3.79. The van der Waals surface area contributed by atoms with Crippen molar-refractivity contribution in [1.29, 1.82) is 0 Å². The lowest BCUT2D eigenvalue weighted by molar-refractivity contribution is 0.362. The quantitative estimate of drug-likeness (QED) is 0.867. The van der Waals surface area contributed by atoms with Crippen molar-refractivity contribution in [3.8, 4) is 11.6 Å². The van der Waals surface area contributed by atoms with Crippen molar-refractivity contribution in [2.24, 2.45) is 5.73 Å². The van der Waals surface area contributed by atoms with E-state index in [0.717, 1.165) is 24.2 Å². The highest BCUT2D eigenvalue weighted by atomic mass is 16.5. The van der Waals surface area contributed by atoms with E-state index in [4.69, 9.17) is 15.2 Å². The Morgan fingerprint density at radius 1 is 1.29 bits per heavy atom. The van der Waals surface area contributed by atoms with Gasteiger partial charge < -0.3 is 15.2 Å². The van der Waals surface area contributed by atoms with Gasteiger partial charge in [-0.15, -0.1) is 0 Å². The van der Waals surface area contributed by atoms with Gasteiger partial charge in [0.05, 0.1) is 20.4 Å². The number of hydrogen-bond acceptors (Lipinski definition) is 4. The van der Waals surface area contributed by atoms with E-state index >= 15 is 0 Å². The summed E-state index contributed by atoms with van der Waals surface area (Å²) in [5, 5.41) is 0. The molecule has 0 aliphatic heterocycles. The minimum atomic E-state index is 0.0432. The van der Waals surface area contributed by atoms with Gasteiger partial charge in [-0.1, -0.05) is 12.8 Å². The molecule has 0 spiro atoms. The normalized spacial score (nSPS) is 18.1. The number of hydrogen-bond donors (Lipinski definition) is 1. The first-order valence-electron chi connectivity index (χ1n) is 6.04. The lowest BCUT2D eigenvalue weighted by Gasteiger charge is -2.29. The molecule has 0 unspecified atom stereocenters. The van der Waals surface area contributed by atoms with Gasteiger partial charge in [-0.05, 0) is 12.8 Å². The molecular weight excluding hydrogens is 216 g/mol. The van der Waals surface area contributed by atoms with Gasteiger partial charge in [0, 0.05) is 23.6 Å². The van der Waals surface area contributed by atoms with Crippen LogP contribution in [0.5, 0.6) is 11.6 Å². The highest BCUT2D eigenvalue weighted by Crippen LogP contribution is 2.44. The Bertz CT molecular complexity index is 387. The molecule has 17 heavy (non-hydrogen) atoms. The number of ether oxygens (including phenoxy) is 2. The molecule has 0 amide bonds. The molecule has 1 aliphatic carbocycles. The molecule has 1 fully saturated rings. The van der Waals surface area contributed by atoms with Crippen LogP contribution < -0.4 is 15.2 Å². The van der Waals surface area contributed by atoms with Crippen molar-refractivity contribution >= 4 is 0 Å². The summed E-state index contributed by atoms with van der Waals surface area (Å²) in [4.78, 5) is 4.18. The Labute approximate surface area is 102 Å². The molecule has 0 saturated heterocycles. The molecule has 2 rings (SSSR count).